The first-order valence-electron chi connectivity index (χ1n) is 3.98. The smallest absolute Gasteiger partial charge is 0.162 e. The summed E-state index contributed by atoms with van der Waals surface area (Å²) in [4.78, 5) is 0. The number of methoxy groups -OCH3 is 3. The molecule has 0 fully saturated rings. The van der Waals surface area contributed by atoms with Gasteiger partial charge < -0.3 is 18.9 Å². The maximum absolute atomic E-state index is 5.24. The minimum absolute atomic E-state index is 0.250. The lowest BCUT2D eigenvalue weighted by Crippen LogP contribution is -2.25. The summed E-state index contributed by atoms with van der Waals surface area (Å²) in [5.41, 5.74) is 0. The standard InChI is InChI=1S/C8H18O4/c1-5-12-8(11-4)6-7(9-2)10-3/h7-8H,5-6H2,1-4H3/t8-/m0/s1. The molecule has 0 amide bonds. The number of hydrogen-bond donors (Lipinski definition) is 0. The van der Waals surface area contributed by atoms with Crippen molar-refractivity contribution in [2.75, 3.05) is 27.9 Å². The SMILES string of the molecule is CCO[C@@H](CC(OC)OC)OC. The predicted molar refractivity (Wildman–Crippen MR) is 44.8 cm³/mol. The van der Waals surface area contributed by atoms with Gasteiger partial charge in [-0.3, -0.25) is 0 Å². The molecule has 0 aromatic carbocycles. The fourth-order valence-electron chi connectivity index (χ4n) is 0.864. The quantitative estimate of drug-likeness (QED) is 0.545. The normalized spacial score (nSPS) is 13.8. The van der Waals surface area contributed by atoms with Crippen molar-refractivity contribution in [1.29, 1.82) is 0 Å². The molecule has 4 nitrogen and oxygen atoms in total. The molecule has 0 aliphatic heterocycles. The van der Waals surface area contributed by atoms with E-state index < -0.39 is 0 Å². The Morgan fingerprint density at radius 2 is 1.42 bits per heavy atom. The van der Waals surface area contributed by atoms with Crippen LogP contribution in [0.3, 0.4) is 0 Å². The number of hydrogen-bond acceptors (Lipinski definition) is 4. The van der Waals surface area contributed by atoms with Crippen LogP contribution in [0.4, 0.5) is 0 Å². The summed E-state index contributed by atoms with van der Waals surface area (Å²) in [7, 11) is 4.78. The van der Waals surface area contributed by atoms with Crippen molar-refractivity contribution in [2.45, 2.75) is 25.9 Å². The highest BCUT2D eigenvalue weighted by Crippen LogP contribution is 2.06. The van der Waals surface area contributed by atoms with Crippen LogP contribution in [0.5, 0.6) is 0 Å². The molecular weight excluding hydrogens is 160 g/mol. The average Bonchev–Trinajstić information content (AvgIpc) is 2.12. The van der Waals surface area contributed by atoms with Gasteiger partial charge >= 0.3 is 0 Å². The summed E-state index contributed by atoms with van der Waals surface area (Å²) >= 11 is 0. The van der Waals surface area contributed by atoms with Crippen LogP contribution in [0, 0.1) is 0 Å². The largest absolute Gasteiger partial charge is 0.356 e. The lowest BCUT2D eigenvalue weighted by atomic mass is 10.4. The minimum Gasteiger partial charge on any atom is -0.356 e. The van der Waals surface area contributed by atoms with Crippen LogP contribution in [0.15, 0.2) is 0 Å². The van der Waals surface area contributed by atoms with Crippen LogP contribution < -0.4 is 0 Å². The molecule has 0 aromatic heterocycles. The van der Waals surface area contributed by atoms with Crippen LogP contribution in [0.2, 0.25) is 0 Å². The summed E-state index contributed by atoms with van der Waals surface area (Å²) in [6.07, 6.45) is 0.0681. The second kappa shape index (κ2) is 7.49. The second-order valence-corrected chi connectivity index (χ2v) is 2.26. The Kier molecular flexibility index (Phi) is 7.39. The van der Waals surface area contributed by atoms with Crippen molar-refractivity contribution in [1.82, 2.24) is 0 Å². The van der Waals surface area contributed by atoms with Gasteiger partial charge in [0.2, 0.25) is 0 Å². The van der Waals surface area contributed by atoms with Crippen molar-refractivity contribution in [3.05, 3.63) is 0 Å². The maximum atomic E-state index is 5.24. The molecule has 0 heterocycles. The zero-order chi connectivity index (χ0) is 9.40. The van der Waals surface area contributed by atoms with E-state index in [2.05, 4.69) is 0 Å². The highest BCUT2D eigenvalue weighted by atomic mass is 16.7. The van der Waals surface area contributed by atoms with Crippen LogP contribution in [0.25, 0.3) is 0 Å². The third-order valence-corrected chi connectivity index (χ3v) is 1.53. The highest BCUT2D eigenvalue weighted by molar-refractivity contribution is 4.48. The van der Waals surface area contributed by atoms with E-state index >= 15 is 0 Å². The van der Waals surface area contributed by atoms with Gasteiger partial charge in [-0.05, 0) is 6.92 Å². The molecule has 0 aliphatic carbocycles. The monoisotopic (exact) mass is 178 g/mol. The van der Waals surface area contributed by atoms with Gasteiger partial charge in [-0.2, -0.15) is 0 Å². The summed E-state index contributed by atoms with van der Waals surface area (Å²) < 4.78 is 20.3. The van der Waals surface area contributed by atoms with Crippen molar-refractivity contribution < 1.29 is 18.9 Å². The van der Waals surface area contributed by atoms with Crippen molar-refractivity contribution in [3.63, 3.8) is 0 Å². The van der Waals surface area contributed by atoms with Gasteiger partial charge in [0, 0.05) is 34.4 Å². The molecule has 1 atom stereocenters. The molecule has 12 heavy (non-hydrogen) atoms. The molecule has 74 valence electrons. The molecule has 0 aliphatic rings. The molecule has 4 heteroatoms. The molecule has 0 aromatic rings. The van der Waals surface area contributed by atoms with Gasteiger partial charge in [-0.25, -0.2) is 0 Å². The Morgan fingerprint density at radius 3 is 1.75 bits per heavy atom. The third-order valence-electron chi connectivity index (χ3n) is 1.53. The van der Waals surface area contributed by atoms with Crippen LogP contribution in [-0.2, 0) is 18.9 Å². The zero-order valence-corrected chi connectivity index (χ0v) is 8.20. The Morgan fingerprint density at radius 1 is 0.917 bits per heavy atom. The van der Waals surface area contributed by atoms with Gasteiger partial charge in [-0.15, -0.1) is 0 Å². The van der Waals surface area contributed by atoms with Gasteiger partial charge in [0.1, 0.15) is 0 Å². The van der Waals surface area contributed by atoms with Gasteiger partial charge in [0.05, 0.1) is 0 Å². The fraction of sp³-hybridized carbons (Fsp3) is 1.00. The second-order valence-electron chi connectivity index (χ2n) is 2.26. The molecule has 0 N–H and O–H groups in total. The van der Waals surface area contributed by atoms with Gasteiger partial charge in [0.15, 0.2) is 12.6 Å². The van der Waals surface area contributed by atoms with E-state index in [0.717, 1.165) is 0 Å². The van der Waals surface area contributed by atoms with Gasteiger partial charge in [-0.1, -0.05) is 0 Å². The van der Waals surface area contributed by atoms with Crippen molar-refractivity contribution in [2.24, 2.45) is 0 Å². The van der Waals surface area contributed by atoms with E-state index in [4.69, 9.17) is 18.9 Å². The number of ether oxygens (including phenoxy) is 4. The summed E-state index contributed by atoms with van der Waals surface area (Å²) in [6.45, 7) is 2.54. The van der Waals surface area contributed by atoms with E-state index in [1.54, 1.807) is 21.3 Å². The molecule has 0 spiro atoms. The Bertz CT molecular complexity index is 93.1. The molecule has 0 saturated heterocycles. The first-order valence-corrected chi connectivity index (χ1v) is 3.98. The van der Waals surface area contributed by atoms with Crippen LogP contribution >= 0.6 is 0 Å². The third kappa shape index (κ3) is 4.66. The van der Waals surface area contributed by atoms with E-state index in [-0.39, 0.29) is 12.6 Å². The lowest BCUT2D eigenvalue weighted by Gasteiger charge is -2.20. The first-order chi connectivity index (χ1) is 5.78. The summed E-state index contributed by atoms with van der Waals surface area (Å²) in [5.74, 6) is 0. The minimum atomic E-state index is -0.263. The molecule has 0 bridgehead atoms. The Balaban J connectivity index is 3.65. The highest BCUT2D eigenvalue weighted by Gasteiger charge is 2.14. The first kappa shape index (κ1) is 11.8. The summed E-state index contributed by atoms with van der Waals surface area (Å²) in [6, 6.07) is 0. The predicted octanol–water partition coefficient (Wildman–Crippen LogP) is 1.00. The maximum Gasteiger partial charge on any atom is 0.162 e. The van der Waals surface area contributed by atoms with Crippen LogP contribution in [0.1, 0.15) is 13.3 Å². The zero-order valence-electron chi connectivity index (χ0n) is 8.20. The van der Waals surface area contributed by atoms with Crippen LogP contribution in [-0.4, -0.2) is 40.5 Å². The molecule has 0 radical (unpaired) electrons. The van der Waals surface area contributed by atoms with E-state index in [0.29, 0.717) is 13.0 Å². The molecule has 0 rings (SSSR count). The van der Waals surface area contributed by atoms with E-state index in [1.807, 2.05) is 6.92 Å². The average molecular weight is 178 g/mol. The fourth-order valence-corrected chi connectivity index (χ4v) is 0.864. The van der Waals surface area contributed by atoms with E-state index in [1.165, 1.54) is 0 Å². The van der Waals surface area contributed by atoms with Crippen molar-refractivity contribution in [3.8, 4) is 0 Å². The van der Waals surface area contributed by atoms with Gasteiger partial charge in [0.25, 0.3) is 0 Å². The summed E-state index contributed by atoms with van der Waals surface area (Å²) in [5, 5.41) is 0. The topological polar surface area (TPSA) is 36.9 Å². The molecule has 0 unspecified atom stereocenters. The Hall–Kier alpha value is -0.160. The van der Waals surface area contributed by atoms with E-state index in [9.17, 15) is 0 Å². The number of rotatable bonds is 7. The van der Waals surface area contributed by atoms with Crippen molar-refractivity contribution >= 4 is 0 Å². The Labute approximate surface area is 73.7 Å². The molecular formula is C8H18O4. The molecule has 0 saturated carbocycles. The lowest BCUT2D eigenvalue weighted by molar-refractivity contribution is -0.186.